The van der Waals surface area contributed by atoms with Crippen LogP contribution >= 0.6 is 11.6 Å². The maximum Gasteiger partial charge on any atom is 0.138 e. The van der Waals surface area contributed by atoms with Crippen LogP contribution in [0.2, 0.25) is 5.02 Å². The van der Waals surface area contributed by atoms with Crippen LogP contribution in [0.4, 0.5) is 0 Å². The van der Waals surface area contributed by atoms with Crippen molar-refractivity contribution in [2.75, 3.05) is 0 Å². The first-order valence-corrected chi connectivity index (χ1v) is 8.26. The van der Waals surface area contributed by atoms with E-state index in [0.717, 1.165) is 28.1 Å². The monoisotopic (exact) mass is 341 g/mol. The van der Waals surface area contributed by atoms with Crippen LogP contribution in [0.1, 0.15) is 19.4 Å². The zero-order valence-electron chi connectivity index (χ0n) is 13.7. The molecule has 0 atom stereocenters. The van der Waals surface area contributed by atoms with E-state index in [2.05, 4.69) is 10.2 Å². The number of aromatic amines is 1. The number of hydrogen-bond acceptors (Lipinski definition) is 3. The molecule has 0 aliphatic heterocycles. The molecule has 0 fully saturated rings. The number of nitrogens with two attached hydrogens (primary N) is 1. The van der Waals surface area contributed by atoms with E-state index in [1.54, 1.807) is 0 Å². The second-order valence-electron chi connectivity index (χ2n) is 5.88. The van der Waals surface area contributed by atoms with Crippen molar-refractivity contribution in [3.05, 3.63) is 59.1 Å². The summed E-state index contributed by atoms with van der Waals surface area (Å²) in [6, 6.07) is 15.8. The summed E-state index contributed by atoms with van der Waals surface area (Å²) in [4.78, 5) is 0. The first-order valence-electron chi connectivity index (χ1n) is 7.88. The van der Waals surface area contributed by atoms with Crippen LogP contribution in [-0.4, -0.2) is 16.3 Å². The van der Waals surface area contributed by atoms with Crippen molar-refractivity contribution in [3.63, 3.8) is 0 Å². The summed E-state index contributed by atoms with van der Waals surface area (Å²) in [5.74, 6) is 0.684. The minimum Gasteiger partial charge on any atom is -0.489 e. The lowest BCUT2D eigenvalue weighted by atomic mass is 10.1. The van der Waals surface area contributed by atoms with E-state index in [1.807, 2.05) is 62.4 Å². The molecule has 1 heterocycles. The number of nitrogens with zero attached hydrogens (tertiary/aromatic N) is 1. The molecule has 0 spiro atoms. The lowest BCUT2D eigenvalue weighted by molar-refractivity contribution is 0.242. The van der Waals surface area contributed by atoms with Crippen molar-refractivity contribution in [1.29, 1.82) is 0 Å². The molecule has 4 nitrogen and oxygen atoms in total. The smallest absolute Gasteiger partial charge is 0.138 e. The first kappa shape index (κ1) is 16.6. The quantitative estimate of drug-likeness (QED) is 0.710. The third-order valence-electron chi connectivity index (χ3n) is 3.67. The van der Waals surface area contributed by atoms with Crippen LogP contribution in [0.15, 0.2) is 48.5 Å². The summed E-state index contributed by atoms with van der Waals surface area (Å²) < 4.78 is 5.66. The van der Waals surface area contributed by atoms with Crippen LogP contribution in [0.25, 0.3) is 22.5 Å². The number of ether oxygens (including phenoxy) is 1. The average molecular weight is 342 g/mol. The Kier molecular flexibility index (Phi) is 4.88. The number of aromatic nitrogens is 2. The number of halogens is 1. The lowest BCUT2D eigenvalue weighted by Crippen LogP contribution is -2.05. The predicted molar refractivity (Wildman–Crippen MR) is 98.1 cm³/mol. The molecule has 0 aliphatic rings. The van der Waals surface area contributed by atoms with Gasteiger partial charge in [-0.05, 0) is 49.2 Å². The Morgan fingerprint density at radius 2 is 1.79 bits per heavy atom. The van der Waals surface area contributed by atoms with Crippen molar-refractivity contribution < 1.29 is 4.74 Å². The van der Waals surface area contributed by atoms with Gasteiger partial charge < -0.3 is 10.5 Å². The van der Waals surface area contributed by atoms with Gasteiger partial charge in [-0.25, -0.2) is 0 Å². The molecule has 3 rings (SSSR count). The molecule has 2 aromatic carbocycles. The Balaban J connectivity index is 1.85. The zero-order chi connectivity index (χ0) is 17.1. The Labute approximate surface area is 146 Å². The molecule has 0 amide bonds. The van der Waals surface area contributed by atoms with Gasteiger partial charge in [0.1, 0.15) is 5.75 Å². The van der Waals surface area contributed by atoms with Crippen LogP contribution in [-0.2, 0) is 6.54 Å². The fourth-order valence-electron chi connectivity index (χ4n) is 2.45. The molecule has 0 aliphatic carbocycles. The van der Waals surface area contributed by atoms with E-state index in [9.17, 15) is 0 Å². The second-order valence-corrected chi connectivity index (χ2v) is 6.29. The molecule has 3 aromatic rings. The van der Waals surface area contributed by atoms with Crippen molar-refractivity contribution in [2.24, 2.45) is 5.73 Å². The summed E-state index contributed by atoms with van der Waals surface area (Å²) in [5, 5.41) is 8.04. The lowest BCUT2D eigenvalue weighted by Gasteiger charge is -2.11. The van der Waals surface area contributed by atoms with Gasteiger partial charge in [0.05, 0.1) is 22.5 Å². The highest BCUT2D eigenvalue weighted by molar-refractivity contribution is 6.32. The standard InChI is InChI=1S/C19H20ClN3O/c1-12(2)24-19-8-7-15(9-16(19)20)18-10-17(22-23-18)14-5-3-13(11-21)4-6-14/h3-10,12H,11,21H2,1-2H3,(H,22,23). The van der Waals surface area contributed by atoms with Gasteiger partial charge >= 0.3 is 0 Å². The normalized spacial score (nSPS) is 11.0. The maximum absolute atomic E-state index is 6.31. The molecule has 0 radical (unpaired) electrons. The van der Waals surface area contributed by atoms with E-state index >= 15 is 0 Å². The van der Waals surface area contributed by atoms with Gasteiger partial charge in [0.25, 0.3) is 0 Å². The molecule has 1 aromatic heterocycles. The van der Waals surface area contributed by atoms with Gasteiger partial charge in [-0.1, -0.05) is 35.9 Å². The highest BCUT2D eigenvalue weighted by Crippen LogP contribution is 2.31. The van der Waals surface area contributed by atoms with Gasteiger partial charge in [-0.15, -0.1) is 0 Å². The minimum atomic E-state index is 0.0850. The molecule has 0 bridgehead atoms. The van der Waals surface area contributed by atoms with Crippen LogP contribution in [0.3, 0.4) is 0 Å². The Hall–Kier alpha value is -2.30. The summed E-state index contributed by atoms with van der Waals surface area (Å²) >= 11 is 6.31. The highest BCUT2D eigenvalue weighted by Gasteiger charge is 2.10. The van der Waals surface area contributed by atoms with Gasteiger partial charge in [0, 0.05) is 12.1 Å². The van der Waals surface area contributed by atoms with E-state index in [4.69, 9.17) is 22.1 Å². The second kappa shape index (κ2) is 7.07. The minimum absolute atomic E-state index is 0.0850. The van der Waals surface area contributed by atoms with Crippen molar-refractivity contribution in [3.8, 4) is 28.3 Å². The van der Waals surface area contributed by atoms with Crippen molar-refractivity contribution in [2.45, 2.75) is 26.5 Å². The molecule has 0 saturated carbocycles. The topological polar surface area (TPSA) is 63.9 Å². The Bertz CT molecular complexity index is 825. The third-order valence-corrected chi connectivity index (χ3v) is 3.96. The Morgan fingerprint density at radius 3 is 2.42 bits per heavy atom. The van der Waals surface area contributed by atoms with Gasteiger partial charge in [-0.2, -0.15) is 5.10 Å². The SMILES string of the molecule is CC(C)Oc1ccc(-c2cc(-c3ccc(CN)cc3)[nH]n2)cc1Cl. The molecule has 24 heavy (non-hydrogen) atoms. The van der Waals surface area contributed by atoms with Crippen LogP contribution < -0.4 is 10.5 Å². The third kappa shape index (κ3) is 3.61. The first-order chi connectivity index (χ1) is 11.6. The van der Waals surface area contributed by atoms with Crippen LogP contribution in [0.5, 0.6) is 5.75 Å². The maximum atomic E-state index is 6.31. The summed E-state index contributed by atoms with van der Waals surface area (Å²) in [6.45, 7) is 4.48. The van der Waals surface area contributed by atoms with E-state index in [-0.39, 0.29) is 6.10 Å². The van der Waals surface area contributed by atoms with Gasteiger partial charge in [0.15, 0.2) is 0 Å². The van der Waals surface area contributed by atoms with E-state index in [1.165, 1.54) is 0 Å². The number of H-pyrrole nitrogens is 1. The molecule has 0 unspecified atom stereocenters. The van der Waals surface area contributed by atoms with E-state index < -0.39 is 0 Å². The van der Waals surface area contributed by atoms with Crippen LogP contribution in [0, 0.1) is 0 Å². The average Bonchev–Trinajstić information content (AvgIpc) is 3.06. The molecule has 124 valence electrons. The van der Waals surface area contributed by atoms with E-state index in [0.29, 0.717) is 17.3 Å². The number of nitrogens with one attached hydrogen (secondary N) is 1. The molecular formula is C19H20ClN3O. The molecular weight excluding hydrogens is 322 g/mol. The summed E-state index contributed by atoms with van der Waals surface area (Å²) in [7, 11) is 0. The number of hydrogen-bond donors (Lipinski definition) is 2. The fraction of sp³-hybridized carbons (Fsp3) is 0.211. The zero-order valence-corrected chi connectivity index (χ0v) is 14.5. The summed E-state index contributed by atoms with van der Waals surface area (Å²) in [5.41, 5.74) is 10.5. The van der Waals surface area contributed by atoms with Gasteiger partial charge in [-0.3, -0.25) is 5.10 Å². The largest absolute Gasteiger partial charge is 0.489 e. The molecule has 5 heteroatoms. The number of benzene rings is 2. The molecule has 0 saturated heterocycles. The molecule has 3 N–H and O–H groups in total. The highest BCUT2D eigenvalue weighted by atomic mass is 35.5. The van der Waals surface area contributed by atoms with Crippen molar-refractivity contribution >= 4 is 11.6 Å². The fourth-order valence-corrected chi connectivity index (χ4v) is 2.67. The van der Waals surface area contributed by atoms with Crippen molar-refractivity contribution in [1.82, 2.24) is 10.2 Å². The number of rotatable bonds is 5. The van der Waals surface area contributed by atoms with Gasteiger partial charge in [0.2, 0.25) is 0 Å². The Morgan fingerprint density at radius 1 is 1.08 bits per heavy atom. The summed E-state index contributed by atoms with van der Waals surface area (Å²) in [6.07, 6.45) is 0.0850. The predicted octanol–water partition coefficient (Wildman–Crippen LogP) is 4.64.